The first-order chi connectivity index (χ1) is 9.38. The topological polar surface area (TPSA) is 74.4 Å². The van der Waals surface area contributed by atoms with Gasteiger partial charge in [0.15, 0.2) is 0 Å². The van der Waals surface area contributed by atoms with Crippen molar-refractivity contribution >= 4 is 5.91 Å². The average Bonchev–Trinajstić information content (AvgIpc) is 2.87. The summed E-state index contributed by atoms with van der Waals surface area (Å²) in [6, 6.07) is 1.65. The SMILES string of the molecule is NC(=O)c1ccc(C(F)(F)F)nc1OCC1CCCO1. The summed E-state index contributed by atoms with van der Waals surface area (Å²) < 4.78 is 48.2. The second-order valence-electron chi connectivity index (χ2n) is 4.36. The first kappa shape index (κ1) is 14.6. The molecule has 1 aliphatic heterocycles. The lowest BCUT2D eigenvalue weighted by atomic mass is 10.2. The minimum Gasteiger partial charge on any atom is -0.474 e. The Morgan fingerprint density at radius 2 is 2.25 bits per heavy atom. The molecule has 1 amide bonds. The van der Waals surface area contributed by atoms with Crippen LogP contribution in [0.2, 0.25) is 0 Å². The summed E-state index contributed by atoms with van der Waals surface area (Å²) in [5, 5.41) is 0. The predicted molar refractivity (Wildman–Crippen MR) is 62.2 cm³/mol. The van der Waals surface area contributed by atoms with E-state index in [-0.39, 0.29) is 18.3 Å². The third-order valence-electron chi connectivity index (χ3n) is 2.85. The first-order valence-corrected chi connectivity index (χ1v) is 6.00. The van der Waals surface area contributed by atoms with Gasteiger partial charge in [0.1, 0.15) is 17.9 Å². The van der Waals surface area contributed by atoms with Crippen molar-refractivity contribution in [1.29, 1.82) is 0 Å². The molecule has 0 bridgehead atoms. The van der Waals surface area contributed by atoms with Gasteiger partial charge in [0.25, 0.3) is 5.91 Å². The largest absolute Gasteiger partial charge is 0.474 e. The molecule has 0 aromatic carbocycles. The minimum atomic E-state index is -4.61. The molecule has 0 saturated carbocycles. The summed E-state index contributed by atoms with van der Waals surface area (Å²) in [6.07, 6.45) is -3.19. The van der Waals surface area contributed by atoms with E-state index in [4.69, 9.17) is 15.2 Å². The molecule has 0 radical (unpaired) electrons. The van der Waals surface area contributed by atoms with E-state index in [1.165, 1.54) is 0 Å². The predicted octanol–water partition coefficient (Wildman–Crippen LogP) is 1.76. The Kier molecular flexibility index (Phi) is 4.12. The van der Waals surface area contributed by atoms with Gasteiger partial charge in [-0.1, -0.05) is 0 Å². The van der Waals surface area contributed by atoms with Crippen LogP contribution in [-0.4, -0.2) is 30.2 Å². The molecule has 1 aliphatic rings. The van der Waals surface area contributed by atoms with Gasteiger partial charge in [-0.2, -0.15) is 13.2 Å². The number of alkyl halides is 3. The van der Waals surface area contributed by atoms with Gasteiger partial charge in [-0.3, -0.25) is 4.79 Å². The number of rotatable bonds is 4. The number of nitrogens with zero attached hydrogens (tertiary/aromatic N) is 1. The average molecular weight is 290 g/mol. The Labute approximate surface area is 112 Å². The number of carbonyl (C=O) groups excluding carboxylic acids is 1. The highest BCUT2D eigenvalue weighted by Crippen LogP contribution is 2.30. The van der Waals surface area contributed by atoms with E-state index < -0.39 is 23.7 Å². The number of carbonyl (C=O) groups is 1. The summed E-state index contributed by atoms with van der Waals surface area (Å²) in [4.78, 5) is 14.5. The summed E-state index contributed by atoms with van der Waals surface area (Å²) in [6.45, 7) is 0.626. The molecule has 1 aromatic heterocycles. The molecular formula is C12H13F3N2O3. The van der Waals surface area contributed by atoms with Gasteiger partial charge in [-0.05, 0) is 25.0 Å². The molecule has 110 valence electrons. The molecule has 20 heavy (non-hydrogen) atoms. The van der Waals surface area contributed by atoms with Gasteiger partial charge in [0.2, 0.25) is 5.88 Å². The fraction of sp³-hybridized carbons (Fsp3) is 0.500. The highest BCUT2D eigenvalue weighted by molar-refractivity contribution is 5.95. The van der Waals surface area contributed by atoms with E-state index in [9.17, 15) is 18.0 Å². The Hall–Kier alpha value is -1.83. The third kappa shape index (κ3) is 3.38. The van der Waals surface area contributed by atoms with Crippen LogP contribution in [-0.2, 0) is 10.9 Å². The van der Waals surface area contributed by atoms with Crippen LogP contribution in [0.25, 0.3) is 0 Å². The van der Waals surface area contributed by atoms with Gasteiger partial charge in [-0.25, -0.2) is 4.98 Å². The highest BCUT2D eigenvalue weighted by atomic mass is 19.4. The van der Waals surface area contributed by atoms with Crippen LogP contribution >= 0.6 is 0 Å². The second-order valence-corrected chi connectivity index (χ2v) is 4.36. The van der Waals surface area contributed by atoms with Crippen LogP contribution in [0.3, 0.4) is 0 Å². The fourth-order valence-corrected chi connectivity index (χ4v) is 1.84. The highest BCUT2D eigenvalue weighted by Gasteiger charge is 2.34. The lowest BCUT2D eigenvalue weighted by molar-refractivity contribution is -0.141. The molecule has 8 heteroatoms. The maximum atomic E-state index is 12.6. The van der Waals surface area contributed by atoms with Gasteiger partial charge >= 0.3 is 6.18 Å². The number of halogens is 3. The smallest absolute Gasteiger partial charge is 0.433 e. The normalized spacial score (nSPS) is 19.1. The van der Waals surface area contributed by atoms with Crippen molar-refractivity contribution in [2.24, 2.45) is 5.73 Å². The number of ether oxygens (including phenoxy) is 2. The standard InChI is InChI=1S/C12H13F3N2O3/c13-12(14,15)9-4-3-8(10(16)18)11(17-9)20-6-7-2-1-5-19-7/h3-4,7H,1-2,5-6H2,(H2,16,18). The molecule has 0 aliphatic carbocycles. The van der Waals surface area contributed by atoms with Crippen LogP contribution in [0, 0.1) is 0 Å². The van der Waals surface area contributed by atoms with E-state index >= 15 is 0 Å². The molecular weight excluding hydrogens is 277 g/mol. The molecule has 1 fully saturated rings. The van der Waals surface area contributed by atoms with Crippen molar-refractivity contribution in [3.63, 3.8) is 0 Å². The maximum absolute atomic E-state index is 12.6. The number of aromatic nitrogens is 1. The fourth-order valence-electron chi connectivity index (χ4n) is 1.84. The van der Waals surface area contributed by atoms with Crippen molar-refractivity contribution in [2.45, 2.75) is 25.1 Å². The minimum absolute atomic E-state index is 0.0363. The van der Waals surface area contributed by atoms with Crippen LogP contribution in [0.5, 0.6) is 5.88 Å². The molecule has 1 aromatic rings. The van der Waals surface area contributed by atoms with Gasteiger partial charge in [-0.15, -0.1) is 0 Å². The molecule has 5 nitrogen and oxygen atoms in total. The van der Waals surface area contributed by atoms with E-state index in [0.29, 0.717) is 12.7 Å². The van der Waals surface area contributed by atoms with Crippen molar-refractivity contribution < 1.29 is 27.4 Å². The molecule has 1 unspecified atom stereocenters. The maximum Gasteiger partial charge on any atom is 0.433 e. The van der Waals surface area contributed by atoms with Crippen LogP contribution in [0.15, 0.2) is 12.1 Å². The van der Waals surface area contributed by atoms with Crippen molar-refractivity contribution in [3.8, 4) is 5.88 Å². The Morgan fingerprint density at radius 1 is 1.50 bits per heavy atom. The molecule has 2 heterocycles. The van der Waals surface area contributed by atoms with Crippen LogP contribution in [0.1, 0.15) is 28.9 Å². The molecule has 1 atom stereocenters. The number of primary amides is 1. The first-order valence-electron chi connectivity index (χ1n) is 6.00. The lowest BCUT2D eigenvalue weighted by Gasteiger charge is -2.14. The number of hydrogen-bond acceptors (Lipinski definition) is 4. The third-order valence-corrected chi connectivity index (χ3v) is 2.85. The number of amides is 1. The summed E-state index contributed by atoms with van der Waals surface area (Å²) >= 11 is 0. The molecule has 2 N–H and O–H groups in total. The van der Waals surface area contributed by atoms with Gasteiger partial charge < -0.3 is 15.2 Å². The van der Waals surface area contributed by atoms with Gasteiger partial charge in [0, 0.05) is 6.61 Å². The van der Waals surface area contributed by atoms with Gasteiger partial charge in [0.05, 0.1) is 6.10 Å². The van der Waals surface area contributed by atoms with Crippen molar-refractivity contribution in [2.75, 3.05) is 13.2 Å². The van der Waals surface area contributed by atoms with E-state index in [1.54, 1.807) is 0 Å². The van der Waals surface area contributed by atoms with E-state index in [2.05, 4.69) is 4.98 Å². The summed E-state index contributed by atoms with van der Waals surface area (Å²) in [7, 11) is 0. The van der Waals surface area contributed by atoms with Crippen LogP contribution < -0.4 is 10.5 Å². The number of pyridine rings is 1. The van der Waals surface area contributed by atoms with Crippen molar-refractivity contribution in [3.05, 3.63) is 23.4 Å². The molecule has 2 rings (SSSR count). The zero-order valence-electron chi connectivity index (χ0n) is 10.4. The molecule has 1 saturated heterocycles. The summed E-state index contributed by atoms with van der Waals surface area (Å²) in [5.74, 6) is -1.31. The quantitative estimate of drug-likeness (QED) is 0.917. The molecule has 0 spiro atoms. The van der Waals surface area contributed by atoms with Crippen molar-refractivity contribution in [1.82, 2.24) is 4.98 Å². The number of nitrogens with two attached hydrogens (primary N) is 1. The second kappa shape index (κ2) is 5.66. The zero-order valence-corrected chi connectivity index (χ0v) is 10.4. The summed E-state index contributed by atoms with van der Waals surface area (Å²) in [5.41, 5.74) is 3.77. The van der Waals surface area contributed by atoms with E-state index in [0.717, 1.165) is 18.9 Å². The monoisotopic (exact) mass is 290 g/mol. The van der Waals surface area contributed by atoms with E-state index in [1.807, 2.05) is 0 Å². The lowest BCUT2D eigenvalue weighted by Crippen LogP contribution is -2.21. The zero-order chi connectivity index (χ0) is 14.8. The Morgan fingerprint density at radius 3 is 2.80 bits per heavy atom. The Bertz CT molecular complexity index is 499. The number of hydrogen-bond donors (Lipinski definition) is 1. The van der Waals surface area contributed by atoms with Crippen LogP contribution in [0.4, 0.5) is 13.2 Å². The Balaban J connectivity index is 2.20.